The third-order valence-corrected chi connectivity index (χ3v) is 3.26. The SMILES string of the molecule is CCC(C)C(C)NC1CCC(=O)NC1. The van der Waals surface area contributed by atoms with Crippen LogP contribution in [0.25, 0.3) is 0 Å². The van der Waals surface area contributed by atoms with Crippen molar-refractivity contribution in [3.8, 4) is 0 Å². The quantitative estimate of drug-likeness (QED) is 0.714. The molecule has 82 valence electrons. The minimum atomic E-state index is 0.194. The molecule has 0 bridgehead atoms. The summed E-state index contributed by atoms with van der Waals surface area (Å²) in [4.78, 5) is 10.9. The fraction of sp³-hybridized carbons (Fsp3) is 0.909. The highest BCUT2D eigenvalue weighted by Crippen LogP contribution is 2.10. The van der Waals surface area contributed by atoms with Gasteiger partial charge in [0.15, 0.2) is 0 Å². The van der Waals surface area contributed by atoms with Crippen molar-refractivity contribution in [2.24, 2.45) is 5.92 Å². The lowest BCUT2D eigenvalue weighted by molar-refractivity contribution is -0.122. The third-order valence-electron chi connectivity index (χ3n) is 3.26. The van der Waals surface area contributed by atoms with Crippen molar-refractivity contribution in [1.29, 1.82) is 0 Å². The fourth-order valence-corrected chi connectivity index (χ4v) is 1.76. The van der Waals surface area contributed by atoms with Crippen molar-refractivity contribution < 1.29 is 4.79 Å². The number of nitrogens with one attached hydrogen (secondary N) is 2. The highest BCUT2D eigenvalue weighted by Gasteiger charge is 2.20. The molecule has 3 nitrogen and oxygen atoms in total. The van der Waals surface area contributed by atoms with Gasteiger partial charge >= 0.3 is 0 Å². The predicted molar refractivity (Wildman–Crippen MR) is 58.1 cm³/mol. The van der Waals surface area contributed by atoms with Crippen LogP contribution < -0.4 is 10.6 Å². The van der Waals surface area contributed by atoms with Gasteiger partial charge in [-0.25, -0.2) is 0 Å². The first kappa shape index (κ1) is 11.5. The van der Waals surface area contributed by atoms with Crippen LogP contribution in [-0.2, 0) is 4.79 Å². The molecule has 1 aliphatic heterocycles. The molecule has 0 aromatic rings. The average Bonchev–Trinajstić information content (AvgIpc) is 2.20. The van der Waals surface area contributed by atoms with E-state index in [1.165, 1.54) is 6.42 Å². The second-order valence-electron chi connectivity index (χ2n) is 4.38. The molecule has 0 aliphatic carbocycles. The Hall–Kier alpha value is -0.570. The van der Waals surface area contributed by atoms with Crippen LogP contribution in [0.3, 0.4) is 0 Å². The summed E-state index contributed by atoms with van der Waals surface area (Å²) in [6.07, 6.45) is 2.85. The minimum Gasteiger partial charge on any atom is -0.355 e. The van der Waals surface area contributed by atoms with E-state index in [2.05, 4.69) is 31.4 Å². The van der Waals surface area contributed by atoms with Crippen molar-refractivity contribution in [1.82, 2.24) is 10.6 Å². The van der Waals surface area contributed by atoms with Gasteiger partial charge in [0, 0.05) is 25.0 Å². The Morgan fingerprint density at radius 3 is 2.79 bits per heavy atom. The van der Waals surface area contributed by atoms with Crippen molar-refractivity contribution in [3.63, 3.8) is 0 Å². The van der Waals surface area contributed by atoms with Gasteiger partial charge in [-0.15, -0.1) is 0 Å². The number of piperidine rings is 1. The third kappa shape index (κ3) is 3.29. The van der Waals surface area contributed by atoms with Crippen LogP contribution in [0.2, 0.25) is 0 Å². The second-order valence-corrected chi connectivity index (χ2v) is 4.38. The van der Waals surface area contributed by atoms with Gasteiger partial charge < -0.3 is 10.6 Å². The van der Waals surface area contributed by atoms with Crippen LogP contribution in [0.4, 0.5) is 0 Å². The van der Waals surface area contributed by atoms with Crippen molar-refractivity contribution >= 4 is 5.91 Å². The highest BCUT2D eigenvalue weighted by molar-refractivity contribution is 5.76. The van der Waals surface area contributed by atoms with Gasteiger partial charge in [-0.3, -0.25) is 4.79 Å². The molecule has 1 fully saturated rings. The summed E-state index contributed by atoms with van der Waals surface area (Å²) in [5.41, 5.74) is 0. The Kier molecular flexibility index (Phi) is 4.39. The first-order valence-electron chi connectivity index (χ1n) is 5.66. The standard InChI is InChI=1S/C11H22N2O/c1-4-8(2)9(3)13-10-5-6-11(14)12-7-10/h8-10,13H,4-7H2,1-3H3,(H,12,14). The maximum absolute atomic E-state index is 10.9. The zero-order valence-electron chi connectivity index (χ0n) is 9.47. The van der Waals surface area contributed by atoms with Crippen LogP contribution in [0.1, 0.15) is 40.0 Å². The van der Waals surface area contributed by atoms with Crippen LogP contribution >= 0.6 is 0 Å². The van der Waals surface area contributed by atoms with E-state index >= 15 is 0 Å². The number of carbonyl (C=O) groups is 1. The van der Waals surface area contributed by atoms with Crippen molar-refractivity contribution in [2.45, 2.75) is 52.1 Å². The van der Waals surface area contributed by atoms with E-state index in [0.29, 0.717) is 24.4 Å². The molecular formula is C11H22N2O. The molecule has 0 radical (unpaired) electrons. The number of rotatable bonds is 4. The van der Waals surface area contributed by atoms with Gasteiger partial charge in [0.1, 0.15) is 0 Å². The molecule has 3 heteroatoms. The number of hydrogen-bond donors (Lipinski definition) is 2. The molecule has 1 saturated heterocycles. The van der Waals surface area contributed by atoms with E-state index in [-0.39, 0.29) is 5.91 Å². The largest absolute Gasteiger partial charge is 0.355 e. The summed E-state index contributed by atoms with van der Waals surface area (Å²) in [6.45, 7) is 7.49. The molecule has 3 unspecified atom stereocenters. The molecule has 0 saturated carbocycles. The van der Waals surface area contributed by atoms with E-state index in [9.17, 15) is 4.79 Å². The average molecular weight is 198 g/mol. The Bertz CT molecular complexity index is 184. The van der Waals surface area contributed by atoms with Gasteiger partial charge in [0.2, 0.25) is 5.91 Å². The summed E-state index contributed by atoms with van der Waals surface area (Å²) in [5.74, 6) is 0.895. The van der Waals surface area contributed by atoms with Gasteiger partial charge in [-0.05, 0) is 19.3 Å². The lowest BCUT2D eigenvalue weighted by atomic mass is 9.98. The first-order chi connectivity index (χ1) is 6.63. The zero-order valence-corrected chi connectivity index (χ0v) is 9.47. The molecule has 1 heterocycles. The maximum atomic E-state index is 10.9. The molecule has 1 amide bonds. The minimum absolute atomic E-state index is 0.194. The molecule has 1 aliphatic rings. The first-order valence-corrected chi connectivity index (χ1v) is 5.66. The van der Waals surface area contributed by atoms with Gasteiger partial charge in [0.25, 0.3) is 0 Å². The zero-order chi connectivity index (χ0) is 10.6. The van der Waals surface area contributed by atoms with Crippen molar-refractivity contribution in [2.75, 3.05) is 6.54 Å². The Morgan fingerprint density at radius 1 is 1.57 bits per heavy atom. The van der Waals surface area contributed by atoms with E-state index in [1.807, 2.05) is 0 Å². The van der Waals surface area contributed by atoms with Crippen LogP contribution in [0, 0.1) is 5.92 Å². The molecular weight excluding hydrogens is 176 g/mol. The predicted octanol–water partition coefficient (Wildman–Crippen LogP) is 1.29. The van der Waals surface area contributed by atoms with Crippen LogP contribution in [0.5, 0.6) is 0 Å². The maximum Gasteiger partial charge on any atom is 0.220 e. The summed E-state index contributed by atoms with van der Waals surface area (Å²) in [7, 11) is 0. The Morgan fingerprint density at radius 2 is 2.29 bits per heavy atom. The topological polar surface area (TPSA) is 41.1 Å². The fourth-order valence-electron chi connectivity index (χ4n) is 1.76. The van der Waals surface area contributed by atoms with Gasteiger partial charge in [-0.1, -0.05) is 20.3 Å². The van der Waals surface area contributed by atoms with Crippen LogP contribution in [-0.4, -0.2) is 24.5 Å². The number of hydrogen-bond acceptors (Lipinski definition) is 2. The number of carbonyl (C=O) groups excluding carboxylic acids is 1. The Labute approximate surface area is 86.6 Å². The van der Waals surface area contributed by atoms with E-state index in [4.69, 9.17) is 0 Å². The second kappa shape index (κ2) is 5.35. The van der Waals surface area contributed by atoms with E-state index in [0.717, 1.165) is 13.0 Å². The smallest absolute Gasteiger partial charge is 0.220 e. The Balaban J connectivity index is 2.26. The van der Waals surface area contributed by atoms with E-state index in [1.54, 1.807) is 0 Å². The molecule has 0 spiro atoms. The molecule has 0 aromatic heterocycles. The van der Waals surface area contributed by atoms with E-state index < -0.39 is 0 Å². The molecule has 0 aromatic carbocycles. The summed E-state index contributed by atoms with van der Waals surface area (Å²) < 4.78 is 0. The van der Waals surface area contributed by atoms with Crippen molar-refractivity contribution in [3.05, 3.63) is 0 Å². The molecule has 14 heavy (non-hydrogen) atoms. The lowest BCUT2D eigenvalue weighted by Crippen LogP contribution is -2.49. The monoisotopic (exact) mass is 198 g/mol. The highest BCUT2D eigenvalue weighted by atomic mass is 16.1. The van der Waals surface area contributed by atoms with Gasteiger partial charge in [0.05, 0.1) is 0 Å². The molecule has 3 atom stereocenters. The molecule has 2 N–H and O–H groups in total. The number of amides is 1. The van der Waals surface area contributed by atoms with Crippen LogP contribution in [0.15, 0.2) is 0 Å². The molecule has 1 rings (SSSR count). The summed E-state index contributed by atoms with van der Waals surface area (Å²) >= 11 is 0. The normalized spacial score (nSPS) is 26.8. The van der Waals surface area contributed by atoms with Gasteiger partial charge in [-0.2, -0.15) is 0 Å². The summed E-state index contributed by atoms with van der Waals surface area (Å²) in [5, 5.41) is 6.47. The summed E-state index contributed by atoms with van der Waals surface area (Å²) in [6, 6.07) is 1.01. The lowest BCUT2D eigenvalue weighted by Gasteiger charge is -2.29.